The summed E-state index contributed by atoms with van der Waals surface area (Å²) in [5.74, 6) is 7.20. The standard InChI is InChI=1S/C12H15N4O.BrH/c1-9-14-15(10(2)16(9)13)8-12(17)11-6-4-3-5-7-11;/h3-7H,8,13H2,1-2H3;1H/q+1;/p-1. The second kappa shape index (κ2) is 5.77. The van der Waals surface area contributed by atoms with Crippen molar-refractivity contribution in [3.63, 3.8) is 0 Å². The maximum absolute atomic E-state index is 12.0. The zero-order valence-corrected chi connectivity index (χ0v) is 11.9. The number of benzene rings is 1. The van der Waals surface area contributed by atoms with Crippen LogP contribution in [0.15, 0.2) is 30.3 Å². The number of nitrogens with zero attached hydrogens (tertiary/aromatic N) is 3. The second-order valence-electron chi connectivity index (χ2n) is 3.91. The van der Waals surface area contributed by atoms with Crippen LogP contribution < -0.4 is 27.5 Å². The normalized spacial score (nSPS) is 9.89. The van der Waals surface area contributed by atoms with E-state index in [4.69, 9.17) is 5.84 Å². The van der Waals surface area contributed by atoms with Crippen molar-refractivity contribution in [2.75, 3.05) is 5.84 Å². The van der Waals surface area contributed by atoms with E-state index >= 15 is 0 Å². The average molecular weight is 311 g/mol. The first-order valence-corrected chi connectivity index (χ1v) is 5.39. The maximum atomic E-state index is 12.0. The number of rotatable bonds is 3. The minimum atomic E-state index is 0. The highest BCUT2D eigenvalue weighted by atomic mass is 79.9. The Morgan fingerprint density at radius 1 is 1.33 bits per heavy atom. The van der Waals surface area contributed by atoms with Gasteiger partial charge in [0, 0.05) is 24.5 Å². The van der Waals surface area contributed by atoms with Gasteiger partial charge in [0.15, 0.2) is 12.3 Å². The van der Waals surface area contributed by atoms with Crippen LogP contribution in [-0.4, -0.2) is 15.6 Å². The van der Waals surface area contributed by atoms with Crippen LogP contribution in [0.2, 0.25) is 0 Å². The van der Waals surface area contributed by atoms with Gasteiger partial charge in [-0.3, -0.25) is 10.6 Å². The van der Waals surface area contributed by atoms with Crippen molar-refractivity contribution in [2.45, 2.75) is 20.4 Å². The van der Waals surface area contributed by atoms with Crippen LogP contribution >= 0.6 is 0 Å². The predicted molar refractivity (Wildman–Crippen MR) is 62.8 cm³/mol. The molecule has 2 rings (SSSR count). The summed E-state index contributed by atoms with van der Waals surface area (Å²) in [7, 11) is 0. The van der Waals surface area contributed by atoms with Gasteiger partial charge in [-0.15, -0.1) is 9.36 Å². The van der Waals surface area contributed by atoms with Crippen LogP contribution in [0.5, 0.6) is 0 Å². The molecule has 2 aromatic rings. The number of carbonyl (C=O) groups is 1. The lowest BCUT2D eigenvalue weighted by atomic mass is 10.1. The first kappa shape index (κ1) is 14.4. The molecule has 96 valence electrons. The van der Waals surface area contributed by atoms with Gasteiger partial charge in [0.05, 0.1) is 0 Å². The third kappa shape index (κ3) is 2.76. The Kier molecular flexibility index (Phi) is 4.61. The van der Waals surface area contributed by atoms with Crippen LogP contribution in [-0.2, 0) is 6.54 Å². The number of Topliss-reactive ketones (excluding diaryl/α,β-unsaturated/α-hetero) is 1. The van der Waals surface area contributed by atoms with Gasteiger partial charge in [-0.2, -0.15) is 0 Å². The van der Waals surface area contributed by atoms with Crippen molar-refractivity contribution in [1.82, 2.24) is 9.78 Å². The van der Waals surface area contributed by atoms with E-state index in [1.165, 1.54) is 4.68 Å². The highest BCUT2D eigenvalue weighted by Crippen LogP contribution is 2.02. The van der Waals surface area contributed by atoms with E-state index in [0.29, 0.717) is 11.4 Å². The topological polar surface area (TPSA) is 64.8 Å². The number of halogens is 1. The Labute approximate surface area is 116 Å². The molecular formula is C12H15BrN4O. The molecule has 0 saturated heterocycles. The van der Waals surface area contributed by atoms with Crippen molar-refractivity contribution in [2.24, 2.45) is 0 Å². The minimum absolute atomic E-state index is 0. The van der Waals surface area contributed by atoms with Gasteiger partial charge < -0.3 is 17.0 Å². The molecule has 1 aromatic heterocycles. The van der Waals surface area contributed by atoms with Crippen molar-refractivity contribution in [1.29, 1.82) is 0 Å². The Hall–Kier alpha value is -1.69. The van der Waals surface area contributed by atoms with E-state index < -0.39 is 0 Å². The number of nitrogens with two attached hydrogens (primary N) is 1. The van der Waals surface area contributed by atoms with Gasteiger partial charge in [0.1, 0.15) is 0 Å². The fourth-order valence-electron chi connectivity index (χ4n) is 1.65. The molecule has 0 radical (unpaired) electrons. The molecule has 6 heteroatoms. The van der Waals surface area contributed by atoms with E-state index in [1.54, 1.807) is 23.7 Å². The van der Waals surface area contributed by atoms with Crippen molar-refractivity contribution >= 4 is 5.78 Å². The molecule has 0 spiro atoms. The summed E-state index contributed by atoms with van der Waals surface area (Å²) in [6.45, 7) is 3.84. The van der Waals surface area contributed by atoms with E-state index in [2.05, 4.69) is 5.10 Å². The fourth-order valence-corrected chi connectivity index (χ4v) is 1.65. The van der Waals surface area contributed by atoms with Gasteiger partial charge in [-0.25, -0.2) is 0 Å². The summed E-state index contributed by atoms with van der Waals surface area (Å²) < 4.78 is 3.09. The lowest BCUT2D eigenvalue weighted by molar-refractivity contribution is -0.652. The quantitative estimate of drug-likeness (QED) is 0.384. The Balaban J connectivity index is 0.00000162. The molecule has 1 aromatic carbocycles. The lowest BCUT2D eigenvalue weighted by Gasteiger charge is -1.97. The molecule has 0 bridgehead atoms. The van der Waals surface area contributed by atoms with Gasteiger partial charge >= 0.3 is 0 Å². The first-order valence-electron chi connectivity index (χ1n) is 5.39. The molecule has 18 heavy (non-hydrogen) atoms. The van der Waals surface area contributed by atoms with Gasteiger partial charge in [0.2, 0.25) is 0 Å². The van der Waals surface area contributed by atoms with E-state index in [9.17, 15) is 4.79 Å². The minimum Gasteiger partial charge on any atom is -1.00 e. The summed E-state index contributed by atoms with van der Waals surface area (Å²) in [5.41, 5.74) is 0.684. The Morgan fingerprint density at radius 2 is 1.94 bits per heavy atom. The zero-order valence-electron chi connectivity index (χ0n) is 10.3. The van der Waals surface area contributed by atoms with Crippen LogP contribution in [0, 0.1) is 13.8 Å². The molecule has 0 aliphatic carbocycles. The van der Waals surface area contributed by atoms with Crippen LogP contribution in [0.3, 0.4) is 0 Å². The monoisotopic (exact) mass is 310 g/mol. The maximum Gasteiger partial charge on any atom is 0.295 e. The summed E-state index contributed by atoms with van der Waals surface area (Å²) in [6, 6.07) is 9.16. The van der Waals surface area contributed by atoms with Gasteiger partial charge in [-0.05, 0) is 0 Å². The second-order valence-corrected chi connectivity index (χ2v) is 3.91. The predicted octanol–water partition coefficient (Wildman–Crippen LogP) is -2.61. The van der Waals surface area contributed by atoms with Crippen molar-refractivity contribution in [3.05, 3.63) is 47.5 Å². The molecule has 5 nitrogen and oxygen atoms in total. The number of carbonyl (C=O) groups excluding carboxylic acids is 1. The summed E-state index contributed by atoms with van der Waals surface area (Å²) in [4.78, 5) is 12.0. The van der Waals surface area contributed by atoms with Crippen molar-refractivity contribution in [3.8, 4) is 0 Å². The number of ketones is 1. The fraction of sp³-hybridized carbons (Fsp3) is 0.250. The van der Waals surface area contributed by atoms with E-state index in [-0.39, 0.29) is 29.3 Å². The number of hydrogen-bond acceptors (Lipinski definition) is 3. The first-order chi connectivity index (χ1) is 8.09. The molecule has 0 saturated carbocycles. The molecule has 0 fully saturated rings. The summed E-state index contributed by atoms with van der Waals surface area (Å²) >= 11 is 0. The number of aromatic nitrogens is 3. The molecule has 2 N–H and O–H groups in total. The molecular weight excluding hydrogens is 296 g/mol. The molecule has 0 atom stereocenters. The average Bonchev–Trinajstić information content (AvgIpc) is 2.58. The largest absolute Gasteiger partial charge is 1.00 e. The smallest absolute Gasteiger partial charge is 0.295 e. The van der Waals surface area contributed by atoms with E-state index in [1.807, 2.05) is 25.1 Å². The highest BCUT2D eigenvalue weighted by molar-refractivity contribution is 5.95. The highest BCUT2D eigenvalue weighted by Gasteiger charge is 2.20. The molecule has 0 aliphatic heterocycles. The van der Waals surface area contributed by atoms with Crippen LogP contribution in [0.1, 0.15) is 22.0 Å². The van der Waals surface area contributed by atoms with Crippen LogP contribution in [0.4, 0.5) is 0 Å². The number of aryl methyl sites for hydroxylation is 1. The summed E-state index contributed by atoms with van der Waals surface area (Å²) in [6.07, 6.45) is 0. The number of hydrogen-bond donors (Lipinski definition) is 1. The SMILES string of the molecule is Cc1nn(CC(=O)c2ccccc2)c(C)[n+]1N.[Br-]. The van der Waals surface area contributed by atoms with E-state index in [0.717, 1.165) is 5.82 Å². The Morgan fingerprint density at radius 3 is 2.44 bits per heavy atom. The van der Waals surface area contributed by atoms with Gasteiger partial charge in [-0.1, -0.05) is 30.3 Å². The van der Waals surface area contributed by atoms with Crippen molar-refractivity contribution < 1.29 is 26.5 Å². The Bertz CT molecular complexity index is 551. The number of nitrogen functional groups attached to an aromatic ring is 1. The third-order valence-electron chi connectivity index (χ3n) is 2.73. The van der Waals surface area contributed by atoms with Crippen LogP contribution in [0.25, 0.3) is 0 Å². The molecule has 0 unspecified atom stereocenters. The third-order valence-corrected chi connectivity index (χ3v) is 2.73. The molecule has 1 heterocycles. The zero-order chi connectivity index (χ0) is 12.4. The van der Waals surface area contributed by atoms with Gasteiger partial charge in [0.25, 0.3) is 11.6 Å². The lowest BCUT2D eigenvalue weighted by Crippen LogP contribution is -3.00. The molecule has 0 aliphatic rings. The summed E-state index contributed by atoms with van der Waals surface area (Å²) in [5, 5.41) is 4.21. The molecule has 0 amide bonds.